The first-order chi connectivity index (χ1) is 8.72. The molecular weight excluding hydrogens is 246 g/mol. The molecule has 0 bridgehead atoms. The number of pyridine rings is 1. The standard InChI is InChI=1S/C13H11N3OS/c1-8-9(2)18-13-15-12(11(7-17)16(8)13)10-4-3-5-14-6-10/h3-7H,1-2H3. The van der Waals surface area contributed by atoms with E-state index in [0.29, 0.717) is 11.4 Å². The molecule has 0 aliphatic rings. The van der Waals surface area contributed by atoms with E-state index in [1.54, 1.807) is 23.7 Å². The summed E-state index contributed by atoms with van der Waals surface area (Å²) in [7, 11) is 0. The SMILES string of the molecule is Cc1sc2nc(-c3cccnc3)c(C=O)n2c1C. The molecule has 0 fully saturated rings. The van der Waals surface area contributed by atoms with E-state index in [0.717, 1.165) is 22.5 Å². The second-order valence-electron chi connectivity index (χ2n) is 4.07. The highest BCUT2D eigenvalue weighted by Gasteiger charge is 2.17. The number of imidazole rings is 1. The minimum atomic E-state index is 0.597. The minimum absolute atomic E-state index is 0.597. The molecule has 4 nitrogen and oxygen atoms in total. The number of aryl methyl sites for hydroxylation is 2. The van der Waals surface area contributed by atoms with Gasteiger partial charge in [-0.2, -0.15) is 0 Å². The lowest BCUT2D eigenvalue weighted by Crippen LogP contribution is -1.94. The van der Waals surface area contributed by atoms with Gasteiger partial charge in [0, 0.05) is 28.5 Å². The predicted molar refractivity (Wildman–Crippen MR) is 71.2 cm³/mol. The summed E-state index contributed by atoms with van der Waals surface area (Å²) in [5.74, 6) is 0. The van der Waals surface area contributed by atoms with Gasteiger partial charge >= 0.3 is 0 Å². The van der Waals surface area contributed by atoms with Crippen molar-refractivity contribution < 1.29 is 4.79 Å². The van der Waals surface area contributed by atoms with Crippen LogP contribution in [-0.4, -0.2) is 20.7 Å². The maximum atomic E-state index is 11.4. The lowest BCUT2D eigenvalue weighted by molar-refractivity contribution is 0.111. The van der Waals surface area contributed by atoms with Crippen LogP contribution in [0.4, 0.5) is 0 Å². The lowest BCUT2D eigenvalue weighted by atomic mass is 10.2. The van der Waals surface area contributed by atoms with E-state index >= 15 is 0 Å². The van der Waals surface area contributed by atoms with Crippen LogP contribution >= 0.6 is 11.3 Å². The Morgan fingerprint density at radius 1 is 1.39 bits per heavy atom. The van der Waals surface area contributed by atoms with Gasteiger partial charge in [0.2, 0.25) is 0 Å². The molecule has 0 radical (unpaired) electrons. The highest BCUT2D eigenvalue weighted by atomic mass is 32.1. The maximum absolute atomic E-state index is 11.4. The second-order valence-corrected chi connectivity index (χ2v) is 5.25. The maximum Gasteiger partial charge on any atom is 0.195 e. The molecule has 3 aromatic rings. The summed E-state index contributed by atoms with van der Waals surface area (Å²) in [5.41, 5.74) is 3.24. The van der Waals surface area contributed by atoms with E-state index in [1.165, 1.54) is 4.88 Å². The summed E-state index contributed by atoms with van der Waals surface area (Å²) in [6, 6.07) is 3.75. The molecule has 0 aliphatic carbocycles. The summed E-state index contributed by atoms with van der Waals surface area (Å²) in [6.07, 6.45) is 4.29. The number of hydrogen-bond donors (Lipinski definition) is 0. The van der Waals surface area contributed by atoms with Gasteiger partial charge in [-0.15, -0.1) is 11.3 Å². The Bertz CT molecular complexity index is 728. The Balaban J connectivity index is 2.35. The number of aldehydes is 1. The average molecular weight is 257 g/mol. The van der Waals surface area contributed by atoms with Crippen LogP contribution in [0.5, 0.6) is 0 Å². The van der Waals surface area contributed by atoms with Gasteiger partial charge < -0.3 is 0 Å². The van der Waals surface area contributed by atoms with Crippen molar-refractivity contribution in [3.8, 4) is 11.3 Å². The second kappa shape index (κ2) is 4.03. The van der Waals surface area contributed by atoms with Gasteiger partial charge in [-0.25, -0.2) is 4.98 Å². The van der Waals surface area contributed by atoms with Crippen molar-refractivity contribution in [3.63, 3.8) is 0 Å². The fourth-order valence-electron chi connectivity index (χ4n) is 2.00. The molecule has 90 valence electrons. The Morgan fingerprint density at radius 2 is 2.22 bits per heavy atom. The van der Waals surface area contributed by atoms with Crippen LogP contribution in [0, 0.1) is 13.8 Å². The van der Waals surface area contributed by atoms with Gasteiger partial charge in [-0.1, -0.05) is 0 Å². The van der Waals surface area contributed by atoms with Crippen molar-refractivity contribution in [3.05, 3.63) is 40.8 Å². The predicted octanol–water partition coefficient (Wildman–Crippen LogP) is 2.89. The molecule has 0 saturated heterocycles. The van der Waals surface area contributed by atoms with Crippen molar-refractivity contribution in [2.45, 2.75) is 13.8 Å². The van der Waals surface area contributed by atoms with E-state index in [4.69, 9.17) is 0 Å². The van der Waals surface area contributed by atoms with E-state index in [1.807, 2.05) is 30.4 Å². The molecule has 0 saturated carbocycles. The summed E-state index contributed by atoms with van der Waals surface area (Å²) in [6.45, 7) is 4.04. The number of thiazole rings is 1. The van der Waals surface area contributed by atoms with Gasteiger partial charge in [0.05, 0.1) is 0 Å². The fraction of sp³-hybridized carbons (Fsp3) is 0.154. The molecule has 0 atom stereocenters. The monoisotopic (exact) mass is 257 g/mol. The van der Waals surface area contributed by atoms with Crippen molar-refractivity contribution in [1.82, 2.24) is 14.4 Å². The molecule has 3 heterocycles. The van der Waals surface area contributed by atoms with Gasteiger partial charge in [0.15, 0.2) is 11.2 Å². The molecule has 0 aromatic carbocycles. The first-order valence-corrected chi connectivity index (χ1v) is 6.38. The first kappa shape index (κ1) is 11.1. The number of hydrogen-bond acceptors (Lipinski definition) is 4. The lowest BCUT2D eigenvalue weighted by Gasteiger charge is -1.98. The van der Waals surface area contributed by atoms with Crippen LogP contribution < -0.4 is 0 Å². The Kier molecular flexibility index (Phi) is 2.48. The summed E-state index contributed by atoms with van der Waals surface area (Å²) < 4.78 is 1.91. The van der Waals surface area contributed by atoms with Crippen LogP contribution in [0.25, 0.3) is 16.2 Å². The molecule has 0 spiro atoms. The van der Waals surface area contributed by atoms with Crippen LogP contribution in [0.3, 0.4) is 0 Å². The number of carbonyl (C=O) groups excluding carboxylic acids is 1. The smallest absolute Gasteiger partial charge is 0.195 e. The van der Waals surface area contributed by atoms with E-state index in [2.05, 4.69) is 9.97 Å². The van der Waals surface area contributed by atoms with Gasteiger partial charge in [0.25, 0.3) is 0 Å². The topological polar surface area (TPSA) is 47.3 Å². The van der Waals surface area contributed by atoms with Crippen LogP contribution in [0.15, 0.2) is 24.5 Å². The molecule has 3 rings (SSSR count). The zero-order valence-electron chi connectivity index (χ0n) is 10.0. The molecule has 0 unspecified atom stereocenters. The summed E-state index contributed by atoms with van der Waals surface area (Å²) >= 11 is 1.60. The van der Waals surface area contributed by atoms with Crippen molar-refractivity contribution >= 4 is 22.6 Å². The Hall–Kier alpha value is -2.01. The van der Waals surface area contributed by atoms with Crippen LogP contribution in [-0.2, 0) is 0 Å². The third-order valence-corrected chi connectivity index (χ3v) is 4.08. The van der Waals surface area contributed by atoms with Crippen molar-refractivity contribution in [1.29, 1.82) is 0 Å². The van der Waals surface area contributed by atoms with Crippen LogP contribution in [0.1, 0.15) is 21.1 Å². The quantitative estimate of drug-likeness (QED) is 0.663. The Morgan fingerprint density at radius 3 is 2.89 bits per heavy atom. The summed E-state index contributed by atoms with van der Waals surface area (Å²) in [5, 5.41) is 0. The number of carbonyl (C=O) groups is 1. The zero-order chi connectivity index (χ0) is 12.7. The normalized spacial score (nSPS) is 11.0. The highest BCUT2D eigenvalue weighted by molar-refractivity contribution is 7.17. The van der Waals surface area contributed by atoms with E-state index in [-0.39, 0.29) is 0 Å². The third-order valence-electron chi connectivity index (χ3n) is 3.02. The number of rotatable bonds is 2. The number of fused-ring (bicyclic) bond motifs is 1. The van der Waals surface area contributed by atoms with Crippen molar-refractivity contribution in [2.24, 2.45) is 0 Å². The Labute approximate surface area is 108 Å². The van der Waals surface area contributed by atoms with Crippen LogP contribution in [0.2, 0.25) is 0 Å². The molecule has 5 heteroatoms. The summed E-state index contributed by atoms with van der Waals surface area (Å²) in [4.78, 5) is 22.0. The van der Waals surface area contributed by atoms with Gasteiger partial charge in [0.1, 0.15) is 11.4 Å². The fourth-order valence-corrected chi connectivity index (χ4v) is 2.97. The molecule has 18 heavy (non-hydrogen) atoms. The highest BCUT2D eigenvalue weighted by Crippen LogP contribution is 2.29. The zero-order valence-corrected chi connectivity index (χ0v) is 10.9. The van der Waals surface area contributed by atoms with Gasteiger partial charge in [-0.3, -0.25) is 14.2 Å². The van der Waals surface area contributed by atoms with E-state index in [9.17, 15) is 4.79 Å². The largest absolute Gasteiger partial charge is 0.296 e. The number of nitrogens with zero attached hydrogens (tertiary/aromatic N) is 3. The molecule has 3 aromatic heterocycles. The van der Waals surface area contributed by atoms with Crippen molar-refractivity contribution in [2.75, 3.05) is 0 Å². The molecule has 0 aliphatic heterocycles. The minimum Gasteiger partial charge on any atom is -0.296 e. The molecule has 0 N–H and O–H groups in total. The molecular formula is C13H11N3OS. The first-order valence-electron chi connectivity index (χ1n) is 5.56. The number of aromatic nitrogens is 3. The molecule has 0 amide bonds. The van der Waals surface area contributed by atoms with Gasteiger partial charge in [-0.05, 0) is 26.0 Å². The van der Waals surface area contributed by atoms with E-state index < -0.39 is 0 Å². The average Bonchev–Trinajstić information content (AvgIpc) is 2.88. The third kappa shape index (κ3) is 1.48.